The first-order chi connectivity index (χ1) is 30.8. The van der Waals surface area contributed by atoms with Crippen LogP contribution in [0.2, 0.25) is 0 Å². The molecule has 1 heterocycles. The minimum Gasteiger partial charge on any atom is -0.309 e. The van der Waals surface area contributed by atoms with Gasteiger partial charge in [0.15, 0.2) is 0 Å². The van der Waals surface area contributed by atoms with Crippen LogP contribution >= 0.6 is 0 Å². The van der Waals surface area contributed by atoms with Gasteiger partial charge in [-0.05, 0) is 81.4 Å². The number of rotatable bonds is 9. The van der Waals surface area contributed by atoms with Crippen molar-refractivity contribution < 1.29 is 0 Å². The van der Waals surface area contributed by atoms with Gasteiger partial charge in [-0.15, -0.1) is 0 Å². The van der Waals surface area contributed by atoms with Crippen LogP contribution in [0.5, 0.6) is 0 Å². The van der Waals surface area contributed by atoms with E-state index in [0.717, 1.165) is 28.2 Å². The topological polar surface area (TPSA) is 8.17 Å². The third-order valence-electron chi connectivity index (χ3n) is 12.1. The number of nitrogens with zero attached hydrogens (tertiary/aromatic N) is 2. The van der Waals surface area contributed by atoms with Crippen molar-refractivity contribution in [2.45, 2.75) is 0 Å². The Balaban J connectivity index is 0.972. The Morgan fingerprint density at radius 3 is 1.11 bits per heavy atom. The second-order valence-corrected chi connectivity index (χ2v) is 15.7. The summed E-state index contributed by atoms with van der Waals surface area (Å²) >= 11 is 0. The number of para-hydroxylation sites is 5. The molecule has 0 aliphatic rings. The Hall–Kier alpha value is -8.20. The highest BCUT2D eigenvalue weighted by atomic mass is 15.1. The van der Waals surface area contributed by atoms with Gasteiger partial charge in [-0.25, -0.2) is 0 Å². The van der Waals surface area contributed by atoms with Crippen LogP contribution in [0.1, 0.15) is 0 Å². The Kier molecular flexibility index (Phi) is 9.57. The molecule has 2 heteroatoms. The molecule has 0 atom stereocenters. The number of hydrogen-bond acceptors (Lipinski definition) is 1. The summed E-state index contributed by atoms with van der Waals surface area (Å²) in [7, 11) is 0. The summed E-state index contributed by atoms with van der Waals surface area (Å²) in [6, 6.07) is 91.9. The summed E-state index contributed by atoms with van der Waals surface area (Å²) in [4.78, 5) is 2.42. The highest BCUT2D eigenvalue weighted by Gasteiger charge is 2.21. The molecule has 0 aliphatic heterocycles. The van der Waals surface area contributed by atoms with Crippen molar-refractivity contribution in [3.8, 4) is 61.3 Å². The van der Waals surface area contributed by atoms with E-state index in [1.165, 1.54) is 72.0 Å². The summed E-state index contributed by atoms with van der Waals surface area (Å²) in [5.74, 6) is 0. The molecule has 0 bridgehead atoms. The molecule has 0 saturated heterocycles. The van der Waals surface area contributed by atoms with E-state index in [2.05, 4.69) is 264 Å². The van der Waals surface area contributed by atoms with Crippen LogP contribution < -0.4 is 4.90 Å². The largest absolute Gasteiger partial charge is 0.309 e. The molecule has 0 fully saturated rings. The van der Waals surface area contributed by atoms with Crippen molar-refractivity contribution in [3.63, 3.8) is 0 Å². The zero-order chi connectivity index (χ0) is 41.2. The maximum absolute atomic E-state index is 2.42. The fourth-order valence-corrected chi connectivity index (χ4v) is 9.06. The van der Waals surface area contributed by atoms with Gasteiger partial charge in [-0.2, -0.15) is 0 Å². The molecule has 0 N–H and O–H groups in total. The predicted octanol–water partition coefficient (Wildman–Crippen LogP) is 16.6. The lowest BCUT2D eigenvalue weighted by Gasteiger charge is -2.30. The minimum atomic E-state index is 1.09. The molecule has 2 nitrogen and oxygen atoms in total. The molecule has 0 spiro atoms. The molecule has 0 unspecified atom stereocenters. The molecule has 0 aliphatic carbocycles. The van der Waals surface area contributed by atoms with Gasteiger partial charge in [0.05, 0.1) is 28.1 Å². The van der Waals surface area contributed by atoms with Gasteiger partial charge in [0, 0.05) is 33.2 Å². The van der Waals surface area contributed by atoms with Crippen LogP contribution in [0.15, 0.2) is 255 Å². The number of fused-ring (bicyclic) bond motifs is 3. The molecule has 0 radical (unpaired) electrons. The lowest BCUT2D eigenvalue weighted by molar-refractivity contribution is 1.18. The molecule has 0 saturated carbocycles. The summed E-state index contributed by atoms with van der Waals surface area (Å²) < 4.78 is 2.41. The van der Waals surface area contributed by atoms with Crippen molar-refractivity contribution in [2.75, 3.05) is 4.90 Å². The van der Waals surface area contributed by atoms with Gasteiger partial charge < -0.3 is 9.47 Å². The minimum absolute atomic E-state index is 1.09. The molecule has 11 aromatic rings. The van der Waals surface area contributed by atoms with Crippen LogP contribution in [0, 0.1) is 0 Å². The standard InChI is InChI=1S/C60H42N2/c1-3-17-43(18-4-1)44-31-35-48(36-32-44)52-22-8-13-27-57(52)61(56-26-12-7-21-51(56)47-19-5-2-6-20-47)50-41-39-46(40-42-50)45-33-37-49(38-34-45)53-23-9-14-28-58(53)62-59-29-15-10-24-54(59)55-25-11-16-30-60(55)62/h1-42H. The van der Waals surface area contributed by atoms with Crippen molar-refractivity contribution in [3.05, 3.63) is 255 Å². The third-order valence-corrected chi connectivity index (χ3v) is 12.1. The Labute approximate surface area is 362 Å². The second-order valence-electron chi connectivity index (χ2n) is 15.7. The number of aromatic nitrogens is 1. The third kappa shape index (κ3) is 6.74. The first-order valence-electron chi connectivity index (χ1n) is 21.3. The quantitative estimate of drug-likeness (QED) is 0.141. The van der Waals surface area contributed by atoms with Gasteiger partial charge in [0.25, 0.3) is 0 Å². The van der Waals surface area contributed by atoms with E-state index < -0.39 is 0 Å². The van der Waals surface area contributed by atoms with Crippen LogP contribution in [-0.2, 0) is 0 Å². The normalized spacial score (nSPS) is 11.2. The van der Waals surface area contributed by atoms with E-state index in [0.29, 0.717) is 0 Å². The molecule has 0 amide bonds. The number of anilines is 3. The van der Waals surface area contributed by atoms with Gasteiger partial charge in [-0.1, -0.05) is 212 Å². The summed E-state index contributed by atoms with van der Waals surface area (Å²) in [5, 5.41) is 2.53. The van der Waals surface area contributed by atoms with Gasteiger partial charge in [-0.3, -0.25) is 0 Å². The van der Waals surface area contributed by atoms with Crippen LogP contribution in [0.4, 0.5) is 17.1 Å². The van der Waals surface area contributed by atoms with Crippen LogP contribution in [0.3, 0.4) is 0 Å². The number of benzene rings is 10. The average molecular weight is 791 g/mol. The smallest absolute Gasteiger partial charge is 0.0541 e. The molecule has 62 heavy (non-hydrogen) atoms. The zero-order valence-electron chi connectivity index (χ0n) is 34.1. The molecular formula is C60H42N2. The molecule has 292 valence electrons. The average Bonchev–Trinajstić information content (AvgIpc) is 3.69. The highest BCUT2D eigenvalue weighted by Crippen LogP contribution is 2.45. The van der Waals surface area contributed by atoms with Crippen molar-refractivity contribution >= 4 is 38.9 Å². The Morgan fingerprint density at radius 2 is 0.581 bits per heavy atom. The predicted molar refractivity (Wildman–Crippen MR) is 263 cm³/mol. The summed E-state index contributed by atoms with van der Waals surface area (Å²) in [5.41, 5.74) is 18.7. The van der Waals surface area contributed by atoms with Crippen molar-refractivity contribution in [1.29, 1.82) is 0 Å². The SMILES string of the molecule is c1ccc(-c2ccc(-c3ccccc3N(c3ccc(-c4ccc(-c5ccccc5-n5c6ccccc6c6ccccc65)cc4)cc3)c3ccccc3-c3ccccc3)cc2)cc1. The fourth-order valence-electron chi connectivity index (χ4n) is 9.06. The van der Waals surface area contributed by atoms with Crippen LogP contribution in [-0.4, -0.2) is 4.57 Å². The first kappa shape index (κ1) is 36.8. The Morgan fingerprint density at radius 1 is 0.242 bits per heavy atom. The van der Waals surface area contributed by atoms with Gasteiger partial charge in [0.1, 0.15) is 0 Å². The zero-order valence-corrected chi connectivity index (χ0v) is 34.1. The lowest BCUT2D eigenvalue weighted by atomic mass is 9.96. The van der Waals surface area contributed by atoms with E-state index >= 15 is 0 Å². The monoisotopic (exact) mass is 790 g/mol. The van der Waals surface area contributed by atoms with Crippen molar-refractivity contribution in [2.24, 2.45) is 0 Å². The maximum Gasteiger partial charge on any atom is 0.0541 e. The lowest BCUT2D eigenvalue weighted by Crippen LogP contribution is -2.12. The van der Waals surface area contributed by atoms with E-state index in [-0.39, 0.29) is 0 Å². The van der Waals surface area contributed by atoms with Gasteiger partial charge >= 0.3 is 0 Å². The second kappa shape index (κ2) is 16.1. The highest BCUT2D eigenvalue weighted by molar-refractivity contribution is 6.09. The summed E-state index contributed by atoms with van der Waals surface area (Å²) in [6.07, 6.45) is 0. The van der Waals surface area contributed by atoms with E-state index in [4.69, 9.17) is 0 Å². The maximum atomic E-state index is 2.42. The van der Waals surface area contributed by atoms with E-state index in [1.807, 2.05) is 0 Å². The van der Waals surface area contributed by atoms with E-state index in [1.54, 1.807) is 0 Å². The molecule has 10 aromatic carbocycles. The molecule has 1 aromatic heterocycles. The molecule has 11 rings (SSSR count). The van der Waals surface area contributed by atoms with Crippen molar-refractivity contribution in [1.82, 2.24) is 4.57 Å². The van der Waals surface area contributed by atoms with Crippen LogP contribution in [0.25, 0.3) is 83.1 Å². The first-order valence-corrected chi connectivity index (χ1v) is 21.3. The van der Waals surface area contributed by atoms with E-state index in [9.17, 15) is 0 Å². The van der Waals surface area contributed by atoms with Gasteiger partial charge in [0.2, 0.25) is 0 Å². The summed E-state index contributed by atoms with van der Waals surface area (Å²) in [6.45, 7) is 0. The molecular weight excluding hydrogens is 749 g/mol. The Bertz CT molecular complexity index is 3260. The number of hydrogen-bond donors (Lipinski definition) is 0. The fraction of sp³-hybridized carbons (Fsp3) is 0.